The van der Waals surface area contributed by atoms with E-state index in [2.05, 4.69) is 15.3 Å². The summed E-state index contributed by atoms with van der Waals surface area (Å²) < 4.78 is 38.1. The Morgan fingerprint density at radius 2 is 1.70 bits per heavy atom. The van der Waals surface area contributed by atoms with Gasteiger partial charge in [-0.25, -0.2) is 18.9 Å². The largest absolute Gasteiger partial charge is 0.434 e. The Balaban J connectivity index is 1.09. The zero-order valence-electron chi connectivity index (χ0n) is 26.1. The van der Waals surface area contributed by atoms with Crippen molar-refractivity contribution in [2.24, 2.45) is 0 Å². The van der Waals surface area contributed by atoms with Crippen molar-refractivity contribution in [3.05, 3.63) is 81.9 Å². The number of carbonyl (C=O) groups is 2. The van der Waals surface area contributed by atoms with Gasteiger partial charge in [-0.3, -0.25) is 14.2 Å². The molecule has 0 amide bonds. The number of ether oxygens (including phenoxy) is 1. The molecule has 0 bridgehead atoms. The van der Waals surface area contributed by atoms with Crippen molar-refractivity contribution in [1.82, 2.24) is 23.8 Å². The van der Waals surface area contributed by atoms with E-state index in [9.17, 15) is 22.8 Å². The van der Waals surface area contributed by atoms with Crippen LogP contribution in [-0.4, -0.2) is 77.0 Å². The first kappa shape index (κ1) is 32.2. The van der Waals surface area contributed by atoms with Crippen LogP contribution in [0, 0.1) is 6.92 Å². The van der Waals surface area contributed by atoms with Crippen molar-refractivity contribution in [2.45, 2.75) is 45.6 Å². The van der Waals surface area contributed by atoms with Gasteiger partial charge < -0.3 is 15.0 Å². The Hall–Kier alpha value is -4.73. The maximum absolute atomic E-state index is 13.5. The van der Waals surface area contributed by atoms with E-state index in [1.54, 1.807) is 60.3 Å². The van der Waals surface area contributed by atoms with Crippen LogP contribution in [0.15, 0.2) is 59.7 Å². The molecular weight excluding hydrogens is 626 g/mol. The monoisotopic (exact) mass is 661 g/mol. The zero-order valence-corrected chi connectivity index (χ0v) is 26.9. The number of ketones is 1. The molecular formula is C32H35N7O7S. The number of anilines is 3. The SMILES string of the molecule is CC(=O)c1c(C)c2cnc(Nc3ccc(N4CCN(S(=O)(=O)OCOC(=O)c5ccccc5)CC4)cn3)nc2n(C2CCCC2)c1=O. The van der Waals surface area contributed by atoms with E-state index < -0.39 is 23.1 Å². The first-order valence-electron chi connectivity index (χ1n) is 15.4. The predicted octanol–water partition coefficient (Wildman–Crippen LogP) is 3.75. The summed E-state index contributed by atoms with van der Waals surface area (Å²) in [6.07, 6.45) is 7.03. The minimum absolute atomic E-state index is 0.0250. The average Bonchev–Trinajstić information content (AvgIpc) is 3.60. The van der Waals surface area contributed by atoms with Crippen molar-refractivity contribution < 1.29 is 26.9 Å². The number of esters is 1. The van der Waals surface area contributed by atoms with E-state index in [1.807, 2.05) is 11.0 Å². The van der Waals surface area contributed by atoms with Crippen LogP contribution in [-0.2, 0) is 19.2 Å². The van der Waals surface area contributed by atoms with Gasteiger partial charge in [-0.2, -0.15) is 17.7 Å². The number of benzene rings is 1. The number of piperazine rings is 1. The predicted molar refractivity (Wildman–Crippen MR) is 174 cm³/mol. The summed E-state index contributed by atoms with van der Waals surface area (Å²) in [5, 5.41) is 3.77. The number of rotatable bonds is 10. The van der Waals surface area contributed by atoms with E-state index in [-0.39, 0.29) is 42.0 Å². The lowest BCUT2D eigenvalue weighted by molar-refractivity contribution is 0.0151. The number of hydrogen-bond donors (Lipinski definition) is 1. The number of carbonyl (C=O) groups excluding carboxylic acids is 2. The van der Waals surface area contributed by atoms with Gasteiger partial charge in [0.25, 0.3) is 5.56 Å². The second kappa shape index (κ2) is 13.6. The maximum Gasteiger partial charge on any atom is 0.341 e. The van der Waals surface area contributed by atoms with Crippen LogP contribution in [0.4, 0.5) is 17.5 Å². The van der Waals surface area contributed by atoms with E-state index in [0.29, 0.717) is 41.1 Å². The lowest BCUT2D eigenvalue weighted by Gasteiger charge is -2.34. The molecule has 0 unspecified atom stereocenters. The molecule has 0 radical (unpaired) electrons. The summed E-state index contributed by atoms with van der Waals surface area (Å²) in [5.41, 5.74) is 2.03. The third-order valence-corrected chi connectivity index (χ3v) is 9.95. The highest BCUT2D eigenvalue weighted by Gasteiger charge is 2.29. The summed E-state index contributed by atoms with van der Waals surface area (Å²) in [4.78, 5) is 53.5. The van der Waals surface area contributed by atoms with Crippen molar-refractivity contribution in [1.29, 1.82) is 0 Å². The molecule has 1 aliphatic heterocycles. The summed E-state index contributed by atoms with van der Waals surface area (Å²) >= 11 is 0. The Morgan fingerprint density at radius 3 is 2.36 bits per heavy atom. The molecule has 4 heterocycles. The van der Waals surface area contributed by atoms with Gasteiger partial charge >= 0.3 is 16.3 Å². The molecule has 0 spiro atoms. The van der Waals surface area contributed by atoms with Crippen molar-refractivity contribution >= 4 is 50.5 Å². The molecule has 1 aromatic carbocycles. The molecule has 3 aromatic heterocycles. The first-order valence-corrected chi connectivity index (χ1v) is 16.8. The van der Waals surface area contributed by atoms with Gasteiger partial charge in [-0.15, -0.1) is 0 Å². The van der Waals surface area contributed by atoms with Crippen LogP contribution >= 0.6 is 0 Å². The van der Waals surface area contributed by atoms with Gasteiger partial charge in [0, 0.05) is 43.8 Å². The van der Waals surface area contributed by atoms with E-state index in [0.717, 1.165) is 31.4 Å². The van der Waals surface area contributed by atoms with Gasteiger partial charge in [0.1, 0.15) is 11.5 Å². The number of nitrogens with zero attached hydrogens (tertiary/aromatic N) is 6. The fraction of sp³-hybridized carbons (Fsp3) is 0.375. The second-order valence-electron chi connectivity index (χ2n) is 11.5. The number of pyridine rings is 2. The third kappa shape index (κ3) is 6.87. The normalized spacial score (nSPS) is 16.0. The minimum Gasteiger partial charge on any atom is -0.434 e. The van der Waals surface area contributed by atoms with Crippen molar-refractivity contribution in [2.75, 3.05) is 43.2 Å². The highest BCUT2D eigenvalue weighted by molar-refractivity contribution is 7.84. The minimum atomic E-state index is -4.09. The summed E-state index contributed by atoms with van der Waals surface area (Å²) in [6.45, 7) is 3.59. The highest BCUT2D eigenvalue weighted by atomic mass is 32.2. The molecule has 47 heavy (non-hydrogen) atoms. The number of fused-ring (bicyclic) bond motifs is 1. The Morgan fingerprint density at radius 1 is 0.979 bits per heavy atom. The molecule has 1 saturated heterocycles. The molecule has 4 aromatic rings. The molecule has 6 rings (SSSR count). The van der Waals surface area contributed by atoms with Gasteiger partial charge in [0.05, 0.1) is 23.0 Å². The number of aryl methyl sites for hydroxylation is 1. The Labute approximate surface area is 271 Å². The first-order chi connectivity index (χ1) is 22.6. The van der Waals surface area contributed by atoms with Crippen LogP contribution in [0.2, 0.25) is 0 Å². The molecule has 1 saturated carbocycles. The van der Waals surface area contributed by atoms with Crippen LogP contribution < -0.4 is 15.8 Å². The van der Waals surface area contributed by atoms with Gasteiger partial charge in [-0.05, 0) is 56.5 Å². The molecule has 1 aliphatic carbocycles. The van der Waals surface area contributed by atoms with E-state index in [1.165, 1.54) is 11.2 Å². The molecule has 1 N–H and O–H groups in total. The molecule has 246 valence electrons. The lowest BCUT2D eigenvalue weighted by Crippen LogP contribution is -2.49. The van der Waals surface area contributed by atoms with Gasteiger partial charge in [0.2, 0.25) is 12.7 Å². The summed E-state index contributed by atoms with van der Waals surface area (Å²) in [6, 6.07) is 11.8. The van der Waals surface area contributed by atoms with Crippen molar-refractivity contribution in [3.63, 3.8) is 0 Å². The topological polar surface area (TPSA) is 166 Å². The standard InChI is InChI=1S/C32H35N7O7S/c1-21-26-19-34-32(36-29(26)39(24-10-6-7-11-24)30(41)28(21)22(2)40)35-27-13-12-25(18-33-27)37-14-16-38(17-15-37)47(43,44)46-20-45-31(42)23-8-4-3-5-9-23/h3-5,8-9,12-13,18-19,24H,6-7,10-11,14-17,20H2,1-2H3,(H,33,34,35,36). The van der Waals surface area contributed by atoms with Crippen LogP contribution in [0.5, 0.6) is 0 Å². The number of nitrogens with one attached hydrogen (secondary N) is 1. The molecule has 2 aliphatic rings. The van der Waals surface area contributed by atoms with E-state index in [4.69, 9.17) is 13.9 Å². The molecule has 2 fully saturated rings. The smallest absolute Gasteiger partial charge is 0.341 e. The Bertz CT molecular complexity index is 1950. The summed E-state index contributed by atoms with van der Waals surface area (Å²) in [5.74, 6) is -0.191. The number of hydrogen-bond acceptors (Lipinski definition) is 12. The van der Waals surface area contributed by atoms with Crippen LogP contribution in [0.25, 0.3) is 11.0 Å². The quantitative estimate of drug-likeness (QED) is 0.149. The lowest BCUT2D eigenvalue weighted by atomic mass is 10.0. The number of aromatic nitrogens is 4. The van der Waals surface area contributed by atoms with Crippen LogP contribution in [0.3, 0.4) is 0 Å². The van der Waals surface area contributed by atoms with Crippen LogP contribution in [0.1, 0.15) is 64.9 Å². The fourth-order valence-electron chi connectivity index (χ4n) is 6.11. The molecule has 15 heteroatoms. The second-order valence-corrected chi connectivity index (χ2v) is 13.1. The molecule has 14 nitrogen and oxygen atoms in total. The average molecular weight is 662 g/mol. The molecule has 0 atom stereocenters. The van der Waals surface area contributed by atoms with Crippen molar-refractivity contribution in [3.8, 4) is 0 Å². The van der Waals surface area contributed by atoms with Gasteiger partial charge in [-0.1, -0.05) is 31.0 Å². The maximum atomic E-state index is 13.5. The summed E-state index contributed by atoms with van der Waals surface area (Å²) in [7, 11) is -4.09. The fourth-order valence-corrected chi connectivity index (χ4v) is 7.04. The van der Waals surface area contributed by atoms with Gasteiger partial charge in [0.15, 0.2) is 5.78 Å². The zero-order chi connectivity index (χ0) is 33.1. The Kier molecular flexibility index (Phi) is 9.29. The third-order valence-electron chi connectivity index (χ3n) is 8.55. The van der Waals surface area contributed by atoms with E-state index >= 15 is 0 Å². The number of Topliss-reactive ketones (excluding diaryl/α,β-unsaturated/α-hetero) is 1. The highest BCUT2D eigenvalue weighted by Crippen LogP contribution is 2.32.